The Morgan fingerprint density at radius 1 is 1.28 bits per heavy atom. The summed E-state index contributed by atoms with van der Waals surface area (Å²) in [5, 5.41) is 6.87. The second-order valence-electron chi connectivity index (χ2n) is 6.11. The van der Waals surface area contributed by atoms with E-state index in [9.17, 15) is 4.79 Å². The first kappa shape index (κ1) is 16.0. The minimum atomic E-state index is -0.220. The number of pyridine rings is 1. The number of carbonyl (C=O) groups is 1. The van der Waals surface area contributed by atoms with Crippen molar-refractivity contribution < 1.29 is 9.53 Å². The van der Waals surface area contributed by atoms with Crippen LogP contribution in [0.5, 0.6) is 0 Å². The number of nitrogens with one attached hydrogen (secondary N) is 2. The van der Waals surface area contributed by atoms with Gasteiger partial charge in [-0.2, -0.15) is 0 Å². The second-order valence-corrected chi connectivity index (χ2v) is 6.52. The lowest BCUT2D eigenvalue weighted by atomic mass is 10.1. The number of para-hydroxylation sites is 1. The average molecular weight is 354 g/mol. The van der Waals surface area contributed by atoms with Crippen molar-refractivity contribution in [3.63, 3.8) is 0 Å². The minimum absolute atomic E-state index is 0.220. The molecule has 7 heteroatoms. The molecule has 2 aliphatic rings. The standard InChI is InChI=1S/C18H18N4O2S/c1-11-3-2-4-12-9-13(10-14-17(23)21-18(25)19-14)16(20-15(11)12)22-5-7-24-8-6-22/h2-4,9-10H,5-8H2,1H3,(H2,19,21,23,25)/b14-10+. The molecule has 3 heterocycles. The van der Waals surface area contributed by atoms with Crippen LogP contribution in [0.25, 0.3) is 17.0 Å². The van der Waals surface area contributed by atoms with Gasteiger partial charge < -0.3 is 15.0 Å². The lowest BCUT2D eigenvalue weighted by Crippen LogP contribution is -2.37. The van der Waals surface area contributed by atoms with Gasteiger partial charge in [0, 0.05) is 24.0 Å². The highest BCUT2D eigenvalue weighted by Crippen LogP contribution is 2.28. The zero-order valence-electron chi connectivity index (χ0n) is 13.8. The molecule has 2 N–H and O–H groups in total. The SMILES string of the molecule is Cc1cccc2cc(/C=C3/NC(=S)NC3=O)c(N3CCOCC3)nc12. The third kappa shape index (κ3) is 3.08. The van der Waals surface area contributed by atoms with Gasteiger partial charge in [0.05, 0.1) is 18.7 Å². The number of aromatic nitrogens is 1. The molecule has 2 aliphatic heterocycles. The molecule has 1 aromatic heterocycles. The van der Waals surface area contributed by atoms with Crippen molar-refractivity contribution in [1.29, 1.82) is 0 Å². The normalized spacial score (nSPS) is 19.4. The number of carbonyl (C=O) groups excluding carboxylic acids is 1. The number of thiocarbonyl (C=S) groups is 1. The number of morpholine rings is 1. The summed E-state index contributed by atoms with van der Waals surface area (Å²) in [4.78, 5) is 19.1. The Kier molecular flexibility index (Phi) is 4.10. The Labute approximate surface area is 150 Å². The van der Waals surface area contributed by atoms with Crippen LogP contribution < -0.4 is 15.5 Å². The number of nitrogens with zero attached hydrogens (tertiary/aromatic N) is 2. The third-order valence-electron chi connectivity index (χ3n) is 4.39. The average Bonchev–Trinajstić information content (AvgIpc) is 2.93. The monoisotopic (exact) mass is 354 g/mol. The summed E-state index contributed by atoms with van der Waals surface area (Å²) in [6.45, 7) is 4.96. The molecule has 2 fully saturated rings. The Balaban J connectivity index is 1.87. The predicted octanol–water partition coefficient (Wildman–Crippen LogP) is 1.73. The van der Waals surface area contributed by atoms with Crippen LogP contribution in [0.2, 0.25) is 0 Å². The molecule has 0 atom stereocenters. The van der Waals surface area contributed by atoms with Crippen molar-refractivity contribution in [2.45, 2.75) is 6.92 Å². The number of benzene rings is 1. The fourth-order valence-electron chi connectivity index (χ4n) is 3.13. The van der Waals surface area contributed by atoms with Gasteiger partial charge in [-0.25, -0.2) is 4.98 Å². The molecular formula is C18H18N4O2S. The van der Waals surface area contributed by atoms with Crippen LogP contribution in [0.15, 0.2) is 30.0 Å². The maximum absolute atomic E-state index is 12.0. The Bertz CT molecular complexity index is 903. The van der Waals surface area contributed by atoms with E-state index in [0.29, 0.717) is 24.0 Å². The van der Waals surface area contributed by atoms with Gasteiger partial charge in [0.2, 0.25) is 0 Å². The predicted molar refractivity (Wildman–Crippen MR) is 101 cm³/mol. The van der Waals surface area contributed by atoms with Gasteiger partial charge in [-0.05, 0) is 36.8 Å². The summed E-state index contributed by atoms with van der Waals surface area (Å²) in [5.74, 6) is 0.646. The van der Waals surface area contributed by atoms with E-state index in [0.717, 1.165) is 40.9 Å². The largest absolute Gasteiger partial charge is 0.378 e. The first-order valence-corrected chi connectivity index (χ1v) is 8.60. The van der Waals surface area contributed by atoms with E-state index < -0.39 is 0 Å². The van der Waals surface area contributed by atoms with E-state index in [4.69, 9.17) is 21.9 Å². The van der Waals surface area contributed by atoms with Crippen molar-refractivity contribution in [3.05, 3.63) is 41.1 Å². The lowest BCUT2D eigenvalue weighted by molar-refractivity contribution is -0.115. The first-order valence-electron chi connectivity index (χ1n) is 8.19. The highest BCUT2D eigenvalue weighted by molar-refractivity contribution is 7.80. The van der Waals surface area contributed by atoms with E-state index in [-0.39, 0.29) is 5.91 Å². The van der Waals surface area contributed by atoms with Crippen molar-refractivity contribution in [2.24, 2.45) is 0 Å². The smallest absolute Gasteiger partial charge is 0.273 e. The minimum Gasteiger partial charge on any atom is -0.378 e. The molecule has 0 radical (unpaired) electrons. The van der Waals surface area contributed by atoms with Crippen molar-refractivity contribution in [2.75, 3.05) is 31.2 Å². The number of rotatable bonds is 2. The molecule has 1 amide bonds. The number of fused-ring (bicyclic) bond motifs is 1. The van der Waals surface area contributed by atoms with E-state index in [1.807, 2.05) is 18.2 Å². The number of ether oxygens (including phenoxy) is 1. The van der Waals surface area contributed by atoms with Gasteiger partial charge in [-0.1, -0.05) is 18.2 Å². The molecule has 25 heavy (non-hydrogen) atoms. The summed E-state index contributed by atoms with van der Waals surface area (Å²) in [7, 11) is 0. The number of hydrogen-bond donors (Lipinski definition) is 2. The quantitative estimate of drug-likeness (QED) is 0.632. The Hall–Kier alpha value is -2.51. The van der Waals surface area contributed by atoms with E-state index >= 15 is 0 Å². The zero-order valence-corrected chi connectivity index (χ0v) is 14.7. The maximum atomic E-state index is 12.0. The number of aryl methyl sites for hydroxylation is 1. The van der Waals surface area contributed by atoms with Crippen LogP contribution in [0.3, 0.4) is 0 Å². The Morgan fingerprint density at radius 2 is 2.08 bits per heavy atom. The van der Waals surface area contributed by atoms with Crippen molar-refractivity contribution in [3.8, 4) is 0 Å². The fraction of sp³-hybridized carbons (Fsp3) is 0.278. The summed E-state index contributed by atoms with van der Waals surface area (Å²) >= 11 is 5.02. The number of hydrogen-bond acceptors (Lipinski definition) is 5. The topological polar surface area (TPSA) is 66.5 Å². The summed E-state index contributed by atoms with van der Waals surface area (Å²) in [5.41, 5.74) is 3.44. The Morgan fingerprint density at radius 3 is 2.80 bits per heavy atom. The zero-order chi connectivity index (χ0) is 17.4. The molecule has 0 aliphatic carbocycles. The molecular weight excluding hydrogens is 336 g/mol. The highest BCUT2D eigenvalue weighted by atomic mass is 32.1. The van der Waals surface area contributed by atoms with Gasteiger partial charge in [-0.3, -0.25) is 10.1 Å². The number of anilines is 1. The fourth-order valence-corrected chi connectivity index (χ4v) is 3.33. The van der Waals surface area contributed by atoms with Crippen LogP contribution in [0, 0.1) is 6.92 Å². The molecule has 2 saturated heterocycles. The molecule has 1 aromatic carbocycles. The van der Waals surface area contributed by atoms with Gasteiger partial charge in [0.15, 0.2) is 5.11 Å². The first-order chi connectivity index (χ1) is 12.1. The summed E-state index contributed by atoms with van der Waals surface area (Å²) < 4.78 is 5.46. The summed E-state index contributed by atoms with van der Waals surface area (Å²) in [6, 6.07) is 8.18. The van der Waals surface area contributed by atoms with Crippen molar-refractivity contribution in [1.82, 2.24) is 15.6 Å². The van der Waals surface area contributed by atoms with Gasteiger partial charge in [0.1, 0.15) is 11.5 Å². The third-order valence-corrected chi connectivity index (χ3v) is 4.59. The molecule has 4 rings (SSSR count). The highest BCUT2D eigenvalue weighted by Gasteiger charge is 2.22. The molecule has 0 spiro atoms. The molecule has 2 aromatic rings. The van der Waals surface area contributed by atoms with Crippen LogP contribution in [-0.2, 0) is 9.53 Å². The molecule has 6 nitrogen and oxygen atoms in total. The van der Waals surface area contributed by atoms with Crippen LogP contribution in [0.4, 0.5) is 5.82 Å². The van der Waals surface area contributed by atoms with Gasteiger partial charge in [-0.15, -0.1) is 0 Å². The molecule has 0 unspecified atom stereocenters. The number of amides is 1. The van der Waals surface area contributed by atoms with E-state index in [1.54, 1.807) is 0 Å². The van der Waals surface area contributed by atoms with Crippen LogP contribution in [0.1, 0.15) is 11.1 Å². The molecule has 128 valence electrons. The molecule has 0 saturated carbocycles. The summed E-state index contributed by atoms with van der Waals surface area (Å²) in [6.07, 6.45) is 1.81. The maximum Gasteiger partial charge on any atom is 0.273 e. The van der Waals surface area contributed by atoms with Gasteiger partial charge in [0.25, 0.3) is 5.91 Å². The molecule has 0 bridgehead atoms. The lowest BCUT2D eigenvalue weighted by Gasteiger charge is -2.29. The van der Waals surface area contributed by atoms with E-state index in [1.165, 1.54) is 0 Å². The second kappa shape index (κ2) is 6.42. The van der Waals surface area contributed by atoms with Gasteiger partial charge >= 0.3 is 0 Å². The van der Waals surface area contributed by atoms with E-state index in [2.05, 4.69) is 34.6 Å². The van der Waals surface area contributed by atoms with Crippen LogP contribution >= 0.6 is 12.2 Å². The van der Waals surface area contributed by atoms with Crippen molar-refractivity contribution >= 4 is 46.0 Å². The van der Waals surface area contributed by atoms with Crippen LogP contribution in [-0.4, -0.2) is 42.3 Å².